The SMILES string of the molecule is CCCCOCCCN1C(=O)C(c2ccc(OCC)cc2)=C(N(C)c2ccccc2)C1=O. The lowest BCUT2D eigenvalue weighted by Gasteiger charge is -2.21. The molecule has 6 nitrogen and oxygen atoms in total. The van der Waals surface area contributed by atoms with Crippen molar-refractivity contribution in [2.75, 3.05) is 38.3 Å². The smallest absolute Gasteiger partial charge is 0.278 e. The maximum atomic E-state index is 13.4. The molecule has 1 heterocycles. The molecular weight excluding hydrogens is 404 g/mol. The number of amides is 2. The lowest BCUT2D eigenvalue weighted by molar-refractivity contribution is -0.137. The molecule has 0 saturated carbocycles. The van der Waals surface area contributed by atoms with Gasteiger partial charge in [0.25, 0.3) is 11.8 Å². The molecule has 32 heavy (non-hydrogen) atoms. The number of hydrogen-bond donors (Lipinski definition) is 0. The molecule has 0 fully saturated rings. The molecule has 1 aliphatic heterocycles. The van der Waals surface area contributed by atoms with Gasteiger partial charge in [0.15, 0.2) is 0 Å². The third-order valence-electron chi connectivity index (χ3n) is 5.39. The maximum absolute atomic E-state index is 13.4. The Hall–Kier alpha value is -3.12. The molecule has 0 saturated heterocycles. The van der Waals surface area contributed by atoms with E-state index in [-0.39, 0.29) is 11.8 Å². The van der Waals surface area contributed by atoms with E-state index in [1.54, 1.807) is 4.90 Å². The second kappa shape index (κ2) is 11.5. The van der Waals surface area contributed by atoms with Gasteiger partial charge in [0.1, 0.15) is 11.4 Å². The second-order valence-electron chi connectivity index (χ2n) is 7.66. The molecule has 0 aliphatic carbocycles. The third kappa shape index (κ3) is 5.37. The average molecular weight is 437 g/mol. The normalized spacial score (nSPS) is 13.8. The Balaban J connectivity index is 1.87. The van der Waals surface area contributed by atoms with Gasteiger partial charge < -0.3 is 14.4 Å². The van der Waals surface area contributed by atoms with Crippen LogP contribution in [0.5, 0.6) is 5.75 Å². The summed E-state index contributed by atoms with van der Waals surface area (Å²) in [6.07, 6.45) is 2.70. The molecule has 0 atom stereocenters. The summed E-state index contributed by atoms with van der Waals surface area (Å²) in [5.74, 6) is 0.178. The van der Waals surface area contributed by atoms with Gasteiger partial charge in [0, 0.05) is 32.5 Å². The van der Waals surface area contributed by atoms with Gasteiger partial charge in [0.05, 0.1) is 12.2 Å². The molecule has 0 radical (unpaired) electrons. The van der Waals surface area contributed by atoms with Crippen LogP contribution < -0.4 is 9.64 Å². The van der Waals surface area contributed by atoms with Gasteiger partial charge in [-0.15, -0.1) is 0 Å². The highest BCUT2D eigenvalue weighted by atomic mass is 16.5. The van der Waals surface area contributed by atoms with E-state index in [0.717, 1.165) is 24.3 Å². The molecule has 2 amide bonds. The number of carbonyl (C=O) groups is 2. The van der Waals surface area contributed by atoms with E-state index >= 15 is 0 Å². The van der Waals surface area contributed by atoms with Crippen LogP contribution >= 0.6 is 0 Å². The highest BCUT2D eigenvalue weighted by Crippen LogP contribution is 2.34. The quantitative estimate of drug-likeness (QED) is 0.362. The first-order valence-electron chi connectivity index (χ1n) is 11.3. The summed E-state index contributed by atoms with van der Waals surface area (Å²) in [4.78, 5) is 29.9. The summed E-state index contributed by atoms with van der Waals surface area (Å²) in [7, 11) is 1.82. The van der Waals surface area contributed by atoms with E-state index in [9.17, 15) is 9.59 Å². The summed E-state index contributed by atoms with van der Waals surface area (Å²) >= 11 is 0. The van der Waals surface area contributed by atoms with Gasteiger partial charge in [0.2, 0.25) is 0 Å². The Kier molecular flexibility index (Phi) is 8.45. The molecule has 1 aliphatic rings. The fourth-order valence-corrected chi connectivity index (χ4v) is 3.68. The first-order chi connectivity index (χ1) is 15.6. The van der Waals surface area contributed by atoms with Crippen molar-refractivity contribution in [3.63, 3.8) is 0 Å². The first-order valence-corrected chi connectivity index (χ1v) is 11.3. The second-order valence-corrected chi connectivity index (χ2v) is 7.66. The zero-order chi connectivity index (χ0) is 22.9. The Morgan fingerprint density at radius 3 is 2.22 bits per heavy atom. The molecule has 0 aromatic heterocycles. The number of benzene rings is 2. The predicted molar refractivity (Wildman–Crippen MR) is 126 cm³/mol. The van der Waals surface area contributed by atoms with E-state index in [1.165, 1.54) is 4.90 Å². The number of para-hydroxylation sites is 1. The van der Waals surface area contributed by atoms with Crippen molar-refractivity contribution >= 4 is 23.1 Å². The van der Waals surface area contributed by atoms with Gasteiger partial charge >= 0.3 is 0 Å². The summed E-state index contributed by atoms with van der Waals surface area (Å²) in [5.41, 5.74) is 2.34. The van der Waals surface area contributed by atoms with Crippen LogP contribution in [0.1, 0.15) is 38.7 Å². The third-order valence-corrected chi connectivity index (χ3v) is 5.39. The molecule has 0 spiro atoms. The lowest BCUT2D eigenvalue weighted by atomic mass is 10.0. The molecule has 0 unspecified atom stereocenters. The number of unbranched alkanes of at least 4 members (excludes halogenated alkanes) is 1. The van der Waals surface area contributed by atoms with E-state index in [2.05, 4.69) is 6.92 Å². The van der Waals surface area contributed by atoms with Crippen LogP contribution in [0, 0.1) is 0 Å². The van der Waals surface area contributed by atoms with Gasteiger partial charge in [-0.25, -0.2) is 0 Å². The van der Waals surface area contributed by atoms with E-state index in [0.29, 0.717) is 49.6 Å². The molecule has 6 heteroatoms. The standard InChI is InChI=1S/C26H32N2O4/c1-4-6-18-31-19-10-17-28-25(29)23(20-13-15-22(16-14-20)32-5-2)24(26(28)30)27(3)21-11-8-7-9-12-21/h7-9,11-16H,4-6,10,17-19H2,1-3H3. The van der Waals surface area contributed by atoms with Crippen molar-refractivity contribution in [3.05, 3.63) is 65.9 Å². The monoisotopic (exact) mass is 436 g/mol. The maximum Gasteiger partial charge on any atom is 0.278 e. The van der Waals surface area contributed by atoms with Crippen LogP contribution in [0.3, 0.4) is 0 Å². The number of imide groups is 1. The Bertz CT molecular complexity index is 938. The minimum absolute atomic E-state index is 0.273. The minimum atomic E-state index is -0.279. The fourth-order valence-electron chi connectivity index (χ4n) is 3.68. The van der Waals surface area contributed by atoms with Crippen molar-refractivity contribution in [3.8, 4) is 5.75 Å². The van der Waals surface area contributed by atoms with Gasteiger partial charge in [-0.05, 0) is 49.6 Å². The molecule has 2 aromatic rings. The van der Waals surface area contributed by atoms with Crippen molar-refractivity contribution in [1.82, 2.24) is 4.90 Å². The molecule has 2 aromatic carbocycles. The van der Waals surface area contributed by atoms with E-state index in [4.69, 9.17) is 9.47 Å². The Morgan fingerprint density at radius 1 is 0.875 bits per heavy atom. The molecule has 170 valence electrons. The first kappa shape index (κ1) is 23.5. The van der Waals surface area contributed by atoms with Crippen LogP contribution in [-0.4, -0.2) is 50.1 Å². The van der Waals surface area contributed by atoms with Crippen molar-refractivity contribution in [2.24, 2.45) is 0 Å². The van der Waals surface area contributed by atoms with Crippen LogP contribution in [-0.2, 0) is 14.3 Å². The Labute approximate surface area is 190 Å². The van der Waals surface area contributed by atoms with Crippen molar-refractivity contribution in [2.45, 2.75) is 33.1 Å². The number of carbonyl (C=O) groups excluding carboxylic acids is 2. The van der Waals surface area contributed by atoms with Crippen LogP contribution in [0.4, 0.5) is 5.69 Å². The van der Waals surface area contributed by atoms with Crippen LogP contribution in [0.25, 0.3) is 5.57 Å². The number of rotatable bonds is 12. The van der Waals surface area contributed by atoms with Crippen molar-refractivity contribution < 1.29 is 19.1 Å². The summed E-state index contributed by atoms with van der Waals surface area (Å²) in [6, 6.07) is 16.9. The van der Waals surface area contributed by atoms with Crippen molar-refractivity contribution in [1.29, 1.82) is 0 Å². The molecule has 0 N–H and O–H groups in total. The fraction of sp³-hybridized carbons (Fsp3) is 0.385. The highest BCUT2D eigenvalue weighted by Gasteiger charge is 2.40. The Morgan fingerprint density at radius 2 is 1.56 bits per heavy atom. The summed E-state index contributed by atoms with van der Waals surface area (Å²) < 4.78 is 11.1. The van der Waals surface area contributed by atoms with Gasteiger partial charge in [-0.1, -0.05) is 43.7 Å². The number of hydrogen-bond acceptors (Lipinski definition) is 5. The average Bonchev–Trinajstić information content (AvgIpc) is 3.06. The molecule has 0 bridgehead atoms. The summed E-state index contributed by atoms with van der Waals surface area (Å²) in [6.45, 7) is 6.16. The van der Waals surface area contributed by atoms with Gasteiger partial charge in [-0.2, -0.15) is 0 Å². The predicted octanol–water partition coefficient (Wildman–Crippen LogP) is 4.51. The number of nitrogens with zero attached hydrogens (tertiary/aromatic N) is 2. The van der Waals surface area contributed by atoms with Crippen LogP contribution in [0.2, 0.25) is 0 Å². The highest BCUT2D eigenvalue weighted by molar-refractivity contribution is 6.36. The number of anilines is 1. The zero-order valence-electron chi connectivity index (χ0n) is 19.2. The van der Waals surface area contributed by atoms with Gasteiger partial charge in [-0.3, -0.25) is 14.5 Å². The van der Waals surface area contributed by atoms with E-state index < -0.39 is 0 Å². The lowest BCUT2D eigenvalue weighted by Crippen LogP contribution is -2.35. The topological polar surface area (TPSA) is 59.1 Å². The number of likely N-dealkylation sites (N-methyl/N-ethyl adjacent to an activating group) is 1. The zero-order valence-corrected chi connectivity index (χ0v) is 19.2. The van der Waals surface area contributed by atoms with E-state index in [1.807, 2.05) is 68.6 Å². The number of ether oxygens (including phenoxy) is 2. The molecule has 3 rings (SSSR count). The van der Waals surface area contributed by atoms with Crippen LogP contribution in [0.15, 0.2) is 60.3 Å². The largest absolute Gasteiger partial charge is 0.494 e. The minimum Gasteiger partial charge on any atom is -0.494 e. The summed E-state index contributed by atoms with van der Waals surface area (Å²) in [5, 5.41) is 0. The molecular formula is C26H32N2O4.